The number of thioether (sulfide) groups is 1. The number of hydrogen-bond acceptors (Lipinski definition) is 5. The van der Waals surface area contributed by atoms with Crippen molar-refractivity contribution in [2.45, 2.75) is 43.8 Å². The van der Waals surface area contributed by atoms with Crippen LogP contribution in [0.15, 0.2) is 60.0 Å². The summed E-state index contributed by atoms with van der Waals surface area (Å²) in [6.07, 6.45) is 8.23. The first-order valence-corrected chi connectivity index (χ1v) is 11.0. The lowest BCUT2D eigenvalue weighted by molar-refractivity contribution is -0.119. The number of carbonyl (C=O) groups is 1. The van der Waals surface area contributed by atoms with Crippen molar-refractivity contribution < 1.29 is 4.79 Å². The molecule has 1 N–H and O–H groups in total. The molecule has 7 heteroatoms. The molecule has 6 nitrogen and oxygen atoms in total. The minimum absolute atomic E-state index is 0.0549. The van der Waals surface area contributed by atoms with Crippen molar-refractivity contribution in [2.75, 3.05) is 5.75 Å². The number of para-hydroxylation sites is 1. The SMILES string of the molecule is CC1CCCCC1NC(=O)CSc1nnc(-c2cccnc2)n1-c1ccccc1. The summed E-state index contributed by atoms with van der Waals surface area (Å²) in [5.74, 6) is 1.64. The van der Waals surface area contributed by atoms with Gasteiger partial charge in [0.25, 0.3) is 0 Å². The van der Waals surface area contributed by atoms with Gasteiger partial charge in [-0.1, -0.05) is 49.7 Å². The first-order valence-electron chi connectivity index (χ1n) is 10.1. The minimum Gasteiger partial charge on any atom is -0.352 e. The first-order chi connectivity index (χ1) is 14.2. The van der Waals surface area contributed by atoms with E-state index in [0.29, 0.717) is 22.7 Å². The van der Waals surface area contributed by atoms with Crippen LogP contribution in [-0.2, 0) is 4.79 Å². The summed E-state index contributed by atoms with van der Waals surface area (Å²) in [5, 5.41) is 12.7. The van der Waals surface area contributed by atoms with E-state index in [-0.39, 0.29) is 11.9 Å². The van der Waals surface area contributed by atoms with Crippen LogP contribution in [0, 0.1) is 5.92 Å². The number of carbonyl (C=O) groups excluding carboxylic acids is 1. The molecule has 29 heavy (non-hydrogen) atoms. The molecule has 1 amide bonds. The Kier molecular flexibility index (Phi) is 6.24. The van der Waals surface area contributed by atoms with E-state index < -0.39 is 0 Å². The third kappa shape index (κ3) is 4.67. The summed E-state index contributed by atoms with van der Waals surface area (Å²) in [4.78, 5) is 16.8. The molecular formula is C22H25N5OS. The molecule has 0 bridgehead atoms. The lowest BCUT2D eigenvalue weighted by atomic mass is 9.86. The van der Waals surface area contributed by atoms with E-state index in [9.17, 15) is 4.79 Å². The number of nitrogens with one attached hydrogen (secondary N) is 1. The van der Waals surface area contributed by atoms with Gasteiger partial charge < -0.3 is 5.32 Å². The number of pyridine rings is 1. The highest BCUT2D eigenvalue weighted by molar-refractivity contribution is 7.99. The molecule has 150 valence electrons. The fraction of sp³-hybridized carbons (Fsp3) is 0.364. The molecular weight excluding hydrogens is 382 g/mol. The molecule has 0 radical (unpaired) electrons. The van der Waals surface area contributed by atoms with E-state index in [4.69, 9.17) is 0 Å². The largest absolute Gasteiger partial charge is 0.352 e. The second-order valence-electron chi connectivity index (χ2n) is 7.44. The maximum atomic E-state index is 12.6. The Balaban J connectivity index is 1.53. The normalized spacial score (nSPS) is 19.1. The molecule has 1 fully saturated rings. The standard InChI is InChI=1S/C22H25N5OS/c1-16-8-5-6-12-19(16)24-20(28)15-29-22-26-25-21(17-9-7-13-23-14-17)27(22)18-10-3-2-4-11-18/h2-4,7,9-11,13-14,16,19H,5-6,8,12,15H2,1H3,(H,24,28). The van der Waals surface area contributed by atoms with E-state index in [2.05, 4.69) is 27.4 Å². The van der Waals surface area contributed by atoms with Crippen molar-refractivity contribution in [1.82, 2.24) is 25.1 Å². The van der Waals surface area contributed by atoms with Gasteiger partial charge in [0.05, 0.1) is 5.75 Å². The smallest absolute Gasteiger partial charge is 0.230 e. The topological polar surface area (TPSA) is 72.7 Å². The van der Waals surface area contributed by atoms with Crippen LogP contribution < -0.4 is 5.32 Å². The number of hydrogen-bond donors (Lipinski definition) is 1. The zero-order valence-electron chi connectivity index (χ0n) is 16.5. The summed E-state index contributed by atoms with van der Waals surface area (Å²) in [5.41, 5.74) is 1.84. The van der Waals surface area contributed by atoms with Gasteiger partial charge in [0.15, 0.2) is 11.0 Å². The van der Waals surface area contributed by atoms with Crippen molar-refractivity contribution in [3.8, 4) is 17.1 Å². The zero-order chi connectivity index (χ0) is 20.1. The first kappa shape index (κ1) is 19.6. The van der Waals surface area contributed by atoms with Gasteiger partial charge in [-0.25, -0.2) is 0 Å². The van der Waals surface area contributed by atoms with Crippen molar-refractivity contribution in [3.05, 3.63) is 54.9 Å². The maximum absolute atomic E-state index is 12.6. The van der Waals surface area contributed by atoms with Gasteiger partial charge >= 0.3 is 0 Å². The monoisotopic (exact) mass is 407 g/mol. The Morgan fingerprint density at radius 2 is 1.97 bits per heavy atom. The fourth-order valence-corrected chi connectivity index (χ4v) is 4.53. The second-order valence-corrected chi connectivity index (χ2v) is 8.39. The summed E-state index contributed by atoms with van der Waals surface area (Å²) >= 11 is 1.41. The Morgan fingerprint density at radius 3 is 2.72 bits per heavy atom. The predicted molar refractivity (Wildman–Crippen MR) is 115 cm³/mol. The van der Waals surface area contributed by atoms with E-state index >= 15 is 0 Å². The number of rotatable bonds is 6. The van der Waals surface area contributed by atoms with Crippen molar-refractivity contribution in [1.29, 1.82) is 0 Å². The minimum atomic E-state index is 0.0549. The average molecular weight is 408 g/mol. The van der Waals surface area contributed by atoms with Gasteiger partial charge in [-0.3, -0.25) is 14.3 Å². The fourth-order valence-electron chi connectivity index (χ4n) is 3.76. The second kappa shape index (κ2) is 9.22. The number of amides is 1. The van der Waals surface area contributed by atoms with Crippen LogP contribution in [0.5, 0.6) is 0 Å². The van der Waals surface area contributed by atoms with Crippen molar-refractivity contribution in [3.63, 3.8) is 0 Å². The average Bonchev–Trinajstić information content (AvgIpc) is 3.19. The van der Waals surface area contributed by atoms with E-state index in [1.54, 1.807) is 12.4 Å². The predicted octanol–water partition coefficient (Wildman–Crippen LogP) is 4.12. The molecule has 2 heterocycles. The molecule has 2 unspecified atom stereocenters. The van der Waals surface area contributed by atoms with Gasteiger partial charge in [-0.15, -0.1) is 10.2 Å². The Hall–Kier alpha value is -2.67. The molecule has 1 aliphatic rings. The van der Waals surface area contributed by atoms with Gasteiger partial charge in [-0.05, 0) is 43.0 Å². The highest BCUT2D eigenvalue weighted by atomic mass is 32.2. The van der Waals surface area contributed by atoms with Crippen LogP contribution in [0.2, 0.25) is 0 Å². The Labute approximate surface area is 175 Å². The van der Waals surface area contributed by atoms with Crippen LogP contribution in [0.3, 0.4) is 0 Å². The lowest BCUT2D eigenvalue weighted by Gasteiger charge is -2.29. The van der Waals surface area contributed by atoms with E-state index in [0.717, 1.165) is 17.7 Å². The highest BCUT2D eigenvalue weighted by Gasteiger charge is 2.23. The van der Waals surface area contributed by atoms with Crippen molar-refractivity contribution in [2.24, 2.45) is 5.92 Å². The molecule has 3 aromatic rings. The van der Waals surface area contributed by atoms with E-state index in [1.165, 1.54) is 31.0 Å². The molecule has 2 aromatic heterocycles. The molecule has 2 atom stereocenters. The summed E-state index contributed by atoms with van der Waals surface area (Å²) < 4.78 is 1.98. The lowest BCUT2D eigenvalue weighted by Crippen LogP contribution is -2.41. The third-order valence-corrected chi connectivity index (χ3v) is 6.29. The Morgan fingerprint density at radius 1 is 1.14 bits per heavy atom. The third-order valence-electron chi connectivity index (χ3n) is 5.36. The highest BCUT2D eigenvalue weighted by Crippen LogP contribution is 2.28. The quantitative estimate of drug-likeness (QED) is 0.623. The van der Waals surface area contributed by atoms with Crippen LogP contribution in [0.1, 0.15) is 32.6 Å². The summed E-state index contributed by atoms with van der Waals surface area (Å²) in [7, 11) is 0. The Bertz CT molecular complexity index is 944. The van der Waals surface area contributed by atoms with Gasteiger partial charge in [0, 0.05) is 29.7 Å². The zero-order valence-corrected chi connectivity index (χ0v) is 17.3. The summed E-state index contributed by atoms with van der Waals surface area (Å²) in [6, 6.07) is 14.1. The molecule has 0 spiro atoms. The van der Waals surface area contributed by atoms with Crippen LogP contribution in [-0.4, -0.2) is 37.5 Å². The molecule has 4 rings (SSSR count). The number of benzene rings is 1. The van der Waals surface area contributed by atoms with Crippen LogP contribution >= 0.6 is 11.8 Å². The molecule has 1 aromatic carbocycles. The van der Waals surface area contributed by atoms with E-state index in [1.807, 2.05) is 47.0 Å². The van der Waals surface area contributed by atoms with Crippen LogP contribution in [0.4, 0.5) is 0 Å². The summed E-state index contributed by atoms with van der Waals surface area (Å²) in [6.45, 7) is 2.23. The molecule has 1 aliphatic carbocycles. The molecule has 0 aliphatic heterocycles. The van der Waals surface area contributed by atoms with Gasteiger partial charge in [-0.2, -0.15) is 0 Å². The number of nitrogens with zero attached hydrogens (tertiary/aromatic N) is 4. The van der Waals surface area contributed by atoms with Gasteiger partial charge in [0.1, 0.15) is 0 Å². The van der Waals surface area contributed by atoms with Gasteiger partial charge in [0.2, 0.25) is 5.91 Å². The van der Waals surface area contributed by atoms with Crippen LogP contribution in [0.25, 0.3) is 17.1 Å². The van der Waals surface area contributed by atoms with Crippen molar-refractivity contribution >= 4 is 17.7 Å². The number of aromatic nitrogens is 4. The maximum Gasteiger partial charge on any atom is 0.230 e. The molecule has 0 saturated heterocycles. The molecule has 1 saturated carbocycles.